The summed E-state index contributed by atoms with van der Waals surface area (Å²) >= 11 is 3.97. The monoisotopic (exact) mass is 1190 g/mol. The topological polar surface area (TPSA) is 54.0 Å². The quantitative estimate of drug-likeness (QED) is 0.0358. The van der Waals surface area contributed by atoms with Crippen LogP contribution in [0.15, 0.2) is 126 Å². The average molecular weight is 1190 g/mol. The van der Waals surface area contributed by atoms with Gasteiger partial charge in [-0.2, -0.15) is 13.2 Å². The highest BCUT2D eigenvalue weighted by atomic mass is 79.9. The summed E-state index contributed by atoms with van der Waals surface area (Å²) in [7, 11) is 0. The Morgan fingerprint density at radius 1 is 0.747 bits per heavy atom. The molecule has 9 unspecified atom stereocenters. The van der Waals surface area contributed by atoms with Crippen molar-refractivity contribution >= 4 is 38.9 Å². The first-order chi connectivity index (χ1) is 39.6. The Bertz CT molecular complexity index is 3490. The second-order valence-corrected chi connectivity index (χ2v) is 27.7. The van der Waals surface area contributed by atoms with Crippen LogP contribution in [0.25, 0.3) is 39.1 Å². The van der Waals surface area contributed by atoms with Gasteiger partial charge in [-0.15, -0.1) is 0 Å². The van der Waals surface area contributed by atoms with E-state index in [0.29, 0.717) is 74.5 Å². The fourth-order valence-corrected chi connectivity index (χ4v) is 17.9. The van der Waals surface area contributed by atoms with E-state index in [1.807, 2.05) is 48.6 Å². The number of allylic oxidation sites excluding steroid dienone is 2. The lowest BCUT2D eigenvalue weighted by Crippen LogP contribution is -2.52. The molecule has 0 N–H and O–H groups in total. The third-order valence-corrected chi connectivity index (χ3v) is 21.9. The molecule has 3 saturated carbocycles. The van der Waals surface area contributed by atoms with Gasteiger partial charge >= 0.3 is 12.3 Å². The van der Waals surface area contributed by atoms with E-state index in [1.165, 1.54) is 63.1 Å². The zero-order chi connectivity index (χ0) is 58.4. The normalized spacial score (nSPS) is 27.6. The molecule has 3 fully saturated rings. The Labute approximate surface area is 496 Å². The summed E-state index contributed by atoms with van der Waals surface area (Å²) in [6.45, 7) is 19.3. The lowest BCUT2D eigenvalue weighted by molar-refractivity contribution is -0.137. The van der Waals surface area contributed by atoms with Gasteiger partial charge in [0.25, 0.3) is 0 Å². The Morgan fingerprint density at radius 3 is 2.16 bits per heavy atom. The van der Waals surface area contributed by atoms with Crippen molar-refractivity contribution < 1.29 is 41.3 Å². The fraction of sp³-hybridized carbons (Fsp3) is 0.466. The third-order valence-electron chi connectivity index (χ3n) is 21.3. The van der Waals surface area contributed by atoms with E-state index in [1.54, 1.807) is 30.3 Å². The van der Waals surface area contributed by atoms with E-state index in [2.05, 4.69) is 95.6 Å². The number of hydrogen-bond acceptors (Lipinski definition) is 5. The highest BCUT2D eigenvalue weighted by Crippen LogP contribution is 2.68. The van der Waals surface area contributed by atoms with Crippen LogP contribution in [-0.4, -0.2) is 18.9 Å². The number of alkyl halides is 3. The van der Waals surface area contributed by atoms with Crippen LogP contribution < -0.4 is 14.2 Å². The fourth-order valence-electron chi connectivity index (χ4n) is 17.0. The molecule has 83 heavy (non-hydrogen) atoms. The second kappa shape index (κ2) is 21.9. The maximum Gasteiger partial charge on any atom is 0.514 e. The SMILES string of the molecule is CCCCOc1ccc(C2(c3ccc(F)cc3)C=Cc3c4c(c5ccc(C(F)(F)F)cc5c3O2)-c2cc(-c3ccc(OC(=O)OC5CCC6(C)C(C=CC7C6CC[C@@]6(C)C(C(C)CCCC(C)C)CCC76)C5)cc3)cc(Br)c2C4(C)C)cc1. The molecular formula is C73H79BrF4O5. The van der Waals surface area contributed by atoms with Crippen molar-refractivity contribution in [1.82, 2.24) is 0 Å². The van der Waals surface area contributed by atoms with Gasteiger partial charge in [0.05, 0.1) is 12.2 Å². The van der Waals surface area contributed by atoms with E-state index in [9.17, 15) is 22.4 Å². The standard InChI is InChI=1S/C73H79BrF4O5/c1-9-10-38-80-52-26-18-48(19-27-52)72(47-16-22-51(75)23-17-47)37-33-57-66-64(55-28-21-50(73(76,77)78)42-58(55)67(57)83-72)59-39-46(40-63(74)65(59)69(66,5)6)45-14-24-53(25-15-45)81-68(79)82-54-32-35-70(7)49(41-54)20-29-56-61-31-30-60(44(4)13-11-12-43(2)3)71(61,8)36-34-62(56)70/h14-29,33,37,39-40,42-44,49,54,56,60-62H,9-13,30-32,34-36,38,41H2,1-8H3/t44?,49?,54?,56?,60?,61?,62?,70?,71-,72?/m0/s1. The molecule has 0 amide bonds. The van der Waals surface area contributed by atoms with E-state index in [0.717, 1.165) is 99.7 Å². The maximum absolute atomic E-state index is 14.8. The zero-order valence-electron chi connectivity index (χ0n) is 49.4. The summed E-state index contributed by atoms with van der Waals surface area (Å²) in [5.74, 6) is 5.70. The predicted molar refractivity (Wildman–Crippen MR) is 327 cm³/mol. The largest absolute Gasteiger partial charge is 0.514 e. The van der Waals surface area contributed by atoms with Crippen LogP contribution in [0.3, 0.4) is 0 Å². The molecule has 6 aromatic carbocycles. The molecule has 12 rings (SSSR count). The molecule has 10 heteroatoms. The van der Waals surface area contributed by atoms with Crippen LogP contribution in [-0.2, 0) is 21.9 Å². The zero-order valence-corrected chi connectivity index (χ0v) is 51.0. The van der Waals surface area contributed by atoms with Crippen LogP contribution in [0.4, 0.5) is 22.4 Å². The van der Waals surface area contributed by atoms with Gasteiger partial charge in [0.1, 0.15) is 29.2 Å². The van der Waals surface area contributed by atoms with Gasteiger partial charge in [-0.1, -0.05) is 158 Å². The number of ether oxygens (including phenoxy) is 4. The van der Waals surface area contributed by atoms with Gasteiger partial charge in [-0.25, -0.2) is 9.18 Å². The van der Waals surface area contributed by atoms with Gasteiger partial charge in [0, 0.05) is 32.0 Å². The first-order valence-corrected chi connectivity index (χ1v) is 31.5. The van der Waals surface area contributed by atoms with Crippen molar-refractivity contribution in [2.45, 2.75) is 156 Å². The molecule has 6 aliphatic rings. The second-order valence-electron chi connectivity index (χ2n) is 26.9. The van der Waals surface area contributed by atoms with Crippen molar-refractivity contribution in [3.05, 3.63) is 165 Å². The summed E-state index contributed by atoms with van der Waals surface area (Å²) < 4.78 is 85.2. The minimum absolute atomic E-state index is 0.192. The van der Waals surface area contributed by atoms with Crippen LogP contribution in [0.5, 0.6) is 17.2 Å². The van der Waals surface area contributed by atoms with Crippen molar-refractivity contribution in [3.8, 4) is 39.5 Å². The van der Waals surface area contributed by atoms with Gasteiger partial charge in [0.15, 0.2) is 5.60 Å². The van der Waals surface area contributed by atoms with Crippen molar-refractivity contribution in [1.29, 1.82) is 0 Å². The van der Waals surface area contributed by atoms with Crippen LogP contribution in [0.2, 0.25) is 0 Å². The summed E-state index contributed by atoms with van der Waals surface area (Å²) in [6, 6.07) is 29.1. The molecule has 436 valence electrons. The first kappa shape index (κ1) is 57.6. The number of halogens is 5. The molecule has 6 aromatic rings. The molecular weight excluding hydrogens is 1110 g/mol. The first-order valence-electron chi connectivity index (χ1n) is 30.7. The Balaban J connectivity index is 0.792. The molecule has 1 heterocycles. The van der Waals surface area contributed by atoms with Crippen molar-refractivity contribution in [2.24, 2.45) is 52.3 Å². The van der Waals surface area contributed by atoms with Crippen molar-refractivity contribution in [3.63, 3.8) is 0 Å². The van der Waals surface area contributed by atoms with Gasteiger partial charge in [-0.05, 0) is 209 Å². The van der Waals surface area contributed by atoms with Gasteiger partial charge < -0.3 is 18.9 Å². The average Bonchev–Trinajstić information content (AvgIpc) is 1.77. The maximum atomic E-state index is 14.8. The Hall–Kier alpha value is -5.87. The predicted octanol–water partition coefficient (Wildman–Crippen LogP) is 21.0. The minimum atomic E-state index is -4.63. The molecule has 0 saturated heterocycles. The molecule has 0 spiro atoms. The summed E-state index contributed by atoms with van der Waals surface area (Å²) in [5.41, 5.74) is 5.13. The lowest BCUT2D eigenvalue weighted by Gasteiger charge is -2.59. The highest BCUT2D eigenvalue weighted by molar-refractivity contribution is 9.10. The molecule has 0 aromatic heterocycles. The number of hydrogen-bond donors (Lipinski definition) is 0. The Kier molecular flexibility index (Phi) is 15.2. The lowest BCUT2D eigenvalue weighted by atomic mass is 9.46. The smallest absolute Gasteiger partial charge is 0.494 e. The highest BCUT2D eigenvalue weighted by Gasteiger charge is 2.60. The van der Waals surface area contributed by atoms with E-state index in [-0.39, 0.29) is 11.5 Å². The molecule has 0 radical (unpaired) electrons. The van der Waals surface area contributed by atoms with Crippen LogP contribution >= 0.6 is 15.9 Å². The number of carbonyl (C=O) groups is 1. The van der Waals surface area contributed by atoms with Crippen LogP contribution in [0, 0.1) is 58.1 Å². The van der Waals surface area contributed by atoms with Gasteiger partial charge in [0.2, 0.25) is 0 Å². The molecule has 10 atom stereocenters. The van der Waals surface area contributed by atoms with E-state index < -0.39 is 34.7 Å². The van der Waals surface area contributed by atoms with Crippen molar-refractivity contribution in [2.75, 3.05) is 6.61 Å². The number of carbonyl (C=O) groups excluding carboxylic acids is 1. The van der Waals surface area contributed by atoms with Gasteiger partial charge in [-0.3, -0.25) is 0 Å². The molecule has 5 aliphatic carbocycles. The number of rotatable bonds is 14. The number of fused-ring (bicyclic) bond motifs is 13. The van der Waals surface area contributed by atoms with E-state index in [4.69, 9.17) is 18.9 Å². The number of unbranched alkanes of at least 4 members (excludes halogenated alkanes) is 1. The number of benzene rings is 6. The molecule has 1 aliphatic heterocycles. The Morgan fingerprint density at radius 2 is 1.45 bits per heavy atom. The molecule has 0 bridgehead atoms. The summed E-state index contributed by atoms with van der Waals surface area (Å²) in [6.07, 6.45) is 17.4. The van der Waals surface area contributed by atoms with E-state index >= 15 is 0 Å². The third kappa shape index (κ3) is 10.1. The summed E-state index contributed by atoms with van der Waals surface area (Å²) in [4.78, 5) is 13.6. The molecule has 5 nitrogen and oxygen atoms in total. The minimum Gasteiger partial charge on any atom is -0.494 e. The summed E-state index contributed by atoms with van der Waals surface area (Å²) in [5, 5.41) is 0.913. The van der Waals surface area contributed by atoms with Crippen LogP contribution in [0.1, 0.15) is 166 Å².